The Morgan fingerprint density at radius 2 is 1.75 bits per heavy atom. The monoisotopic (exact) mass is 376 g/mol. The molecule has 3 aromatic rings. The first-order valence-electron chi connectivity index (χ1n) is 8.69. The summed E-state index contributed by atoms with van der Waals surface area (Å²) < 4.78 is 10.5. The van der Waals surface area contributed by atoms with Crippen LogP contribution in [0.15, 0.2) is 83.1 Å². The number of nitrogens with one attached hydrogen (secondary N) is 2. The number of hydrogen-bond donors (Lipinski definition) is 2. The summed E-state index contributed by atoms with van der Waals surface area (Å²) in [6.07, 6.45) is 3.15. The van der Waals surface area contributed by atoms with E-state index in [1.807, 2.05) is 30.3 Å². The molecule has 6 nitrogen and oxygen atoms in total. The van der Waals surface area contributed by atoms with Gasteiger partial charge < -0.3 is 19.8 Å². The summed E-state index contributed by atoms with van der Waals surface area (Å²) >= 11 is 0. The van der Waals surface area contributed by atoms with E-state index in [-0.39, 0.29) is 12.2 Å². The number of carbonyl (C=O) groups is 2. The van der Waals surface area contributed by atoms with Gasteiger partial charge in [0, 0.05) is 0 Å². The lowest BCUT2D eigenvalue weighted by atomic mass is 10.1. The topological polar surface area (TPSA) is 80.6 Å². The van der Waals surface area contributed by atoms with Gasteiger partial charge in [-0.25, -0.2) is 0 Å². The summed E-state index contributed by atoms with van der Waals surface area (Å²) in [5.74, 6) is 0.176. The Hall–Kier alpha value is -3.80. The normalized spacial score (nSPS) is 11.0. The van der Waals surface area contributed by atoms with E-state index in [0.29, 0.717) is 17.1 Å². The van der Waals surface area contributed by atoms with Crippen molar-refractivity contribution in [3.63, 3.8) is 0 Å². The van der Waals surface area contributed by atoms with Crippen molar-refractivity contribution < 1.29 is 18.7 Å². The third-order valence-corrected chi connectivity index (χ3v) is 3.96. The van der Waals surface area contributed by atoms with E-state index in [4.69, 9.17) is 9.15 Å². The maximum Gasteiger partial charge on any atom is 0.268 e. The van der Waals surface area contributed by atoms with Gasteiger partial charge >= 0.3 is 0 Å². The van der Waals surface area contributed by atoms with Crippen molar-refractivity contribution in [2.45, 2.75) is 6.54 Å². The molecule has 0 atom stereocenters. The van der Waals surface area contributed by atoms with Gasteiger partial charge in [0.1, 0.15) is 17.2 Å². The van der Waals surface area contributed by atoms with Crippen LogP contribution in [0.5, 0.6) is 5.75 Å². The standard InChI is InChI=1S/C22H20N2O4/c1-27-20-12-6-5-11-18(20)21(25)24-19(14-16-8-3-2-4-9-16)22(26)23-15-17-10-7-13-28-17/h2-14H,15H2,1H3,(H,23,26)(H,24,25)/b19-14-. The van der Waals surface area contributed by atoms with Crippen molar-refractivity contribution in [1.29, 1.82) is 0 Å². The van der Waals surface area contributed by atoms with Crippen molar-refractivity contribution in [3.05, 3.63) is 95.6 Å². The van der Waals surface area contributed by atoms with Crippen LogP contribution in [-0.2, 0) is 11.3 Å². The first-order valence-corrected chi connectivity index (χ1v) is 8.69. The van der Waals surface area contributed by atoms with Crippen LogP contribution < -0.4 is 15.4 Å². The number of carbonyl (C=O) groups excluding carboxylic acids is 2. The van der Waals surface area contributed by atoms with Gasteiger partial charge in [0.05, 0.1) is 25.5 Å². The number of ether oxygens (including phenoxy) is 1. The maximum atomic E-state index is 12.7. The Kier molecular flexibility index (Phi) is 6.25. The molecule has 0 aliphatic rings. The zero-order valence-electron chi connectivity index (χ0n) is 15.3. The fourth-order valence-electron chi connectivity index (χ4n) is 2.57. The molecule has 0 saturated heterocycles. The molecule has 0 saturated carbocycles. The highest BCUT2D eigenvalue weighted by Crippen LogP contribution is 2.17. The predicted octanol–water partition coefficient (Wildman–Crippen LogP) is 3.38. The van der Waals surface area contributed by atoms with Gasteiger partial charge in [0.25, 0.3) is 11.8 Å². The average molecular weight is 376 g/mol. The minimum atomic E-state index is -0.437. The van der Waals surface area contributed by atoms with E-state index < -0.39 is 11.8 Å². The third kappa shape index (κ3) is 4.88. The van der Waals surface area contributed by atoms with Gasteiger partial charge in [-0.1, -0.05) is 42.5 Å². The lowest BCUT2D eigenvalue weighted by Crippen LogP contribution is -2.34. The molecule has 3 rings (SSSR count). The van der Waals surface area contributed by atoms with E-state index in [9.17, 15) is 9.59 Å². The average Bonchev–Trinajstić information content (AvgIpc) is 3.26. The van der Waals surface area contributed by atoms with E-state index in [1.165, 1.54) is 13.4 Å². The Bertz CT molecular complexity index is 963. The maximum absolute atomic E-state index is 12.7. The molecule has 2 N–H and O–H groups in total. The Morgan fingerprint density at radius 1 is 1.00 bits per heavy atom. The zero-order valence-corrected chi connectivity index (χ0v) is 15.3. The van der Waals surface area contributed by atoms with Gasteiger partial charge in [-0.3, -0.25) is 9.59 Å². The highest BCUT2D eigenvalue weighted by molar-refractivity contribution is 6.06. The van der Waals surface area contributed by atoms with Crippen LogP contribution in [0.1, 0.15) is 21.7 Å². The van der Waals surface area contributed by atoms with Gasteiger partial charge in [-0.15, -0.1) is 0 Å². The summed E-state index contributed by atoms with van der Waals surface area (Å²) in [5, 5.41) is 5.43. The molecular formula is C22H20N2O4. The number of furan rings is 1. The fourth-order valence-corrected chi connectivity index (χ4v) is 2.57. The Labute approximate surface area is 162 Å². The fraction of sp³-hybridized carbons (Fsp3) is 0.0909. The molecule has 6 heteroatoms. The minimum absolute atomic E-state index is 0.119. The number of para-hydroxylation sites is 1. The number of hydrogen-bond acceptors (Lipinski definition) is 4. The second-order valence-corrected chi connectivity index (χ2v) is 5.89. The third-order valence-electron chi connectivity index (χ3n) is 3.96. The van der Waals surface area contributed by atoms with Crippen LogP contribution in [-0.4, -0.2) is 18.9 Å². The molecule has 0 spiro atoms. The van der Waals surface area contributed by atoms with Gasteiger partial charge in [-0.2, -0.15) is 0 Å². The number of methoxy groups -OCH3 is 1. The molecule has 0 bridgehead atoms. The molecule has 28 heavy (non-hydrogen) atoms. The molecule has 0 radical (unpaired) electrons. The number of rotatable bonds is 7. The van der Waals surface area contributed by atoms with Crippen molar-refractivity contribution in [3.8, 4) is 5.75 Å². The molecule has 1 aromatic heterocycles. The summed E-state index contributed by atoms with van der Waals surface area (Å²) in [6.45, 7) is 0.211. The molecule has 0 unspecified atom stereocenters. The number of benzene rings is 2. The van der Waals surface area contributed by atoms with E-state index >= 15 is 0 Å². The molecular weight excluding hydrogens is 356 g/mol. The molecule has 0 fully saturated rings. The smallest absolute Gasteiger partial charge is 0.268 e. The molecule has 0 aliphatic carbocycles. The lowest BCUT2D eigenvalue weighted by Gasteiger charge is -2.12. The van der Waals surface area contributed by atoms with Crippen molar-refractivity contribution in [1.82, 2.24) is 10.6 Å². The number of amides is 2. The second-order valence-electron chi connectivity index (χ2n) is 5.89. The van der Waals surface area contributed by atoms with Crippen molar-refractivity contribution >= 4 is 17.9 Å². The molecule has 2 amide bonds. The summed E-state index contributed by atoms with van der Waals surface area (Å²) in [7, 11) is 1.49. The minimum Gasteiger partial charge on any atom is -0.496 e. The summed E-state index contributed by atoms with van der Waals surface area (Å²) in [4.78, 5) is 25.4. The molecule has 0 aliphatic heterocycles. The molecule has 142 valence electrons. The van der Waals surface area contributed by atoms with Gasteiger partial charge in [-0.05, 0) is 35.9 Å². The van der Waals surface area contributed by atoms with Gasteiger partial charge in [0.15, 0.2) is 0 Å². The van der Waals surface area contributed by atoms with E-state index in [0.717, 1.165) is 5.56 Å². The van der Waals surface area contributed by atoms with Crippen LogP contribution >= 0.6 is 0 Å². The Morgan fingerprint density at radius 3 is 2.46 bits per heavy atom. The quantitative estimate of drug-likeness (QED) is 0.620. The lowest BCUT2D eigenvalue weighted by molar-refractivity contribution is -0.118. The largest absolute Gasteiger partial charge is 0.496 e. The van der Waals surface area contributed by atoms with Crippen LogP contribution in [0.4, 0.5) is 0 Å². The molecule has 1 heterocycles. The highest BCUT2D eigenvalue weighted by Gasteiger charge is 2.17. The van der Waals surface area contributed by atoms with E-state index in [1.54, 1.807) is 42.5 Å². The van der Waals surface area contributed by atoms with Crippen molar-refractivity contribution in [2.75, 3.05) is 7.11 Å². The molecule has 2 aromatic carbocycles. The van der Waals surface area contributed by atoms with Crippen LogP contribution in [0.3, 0.4) is 0 Å². The first-order chi connectivity index (χ1) is 13.7. The van der Waals surface area contributed by atoms with Crippen LogP contribution in [0, 0.1) is 0 Å². The zero-order chi connectivity index (χ0) is 19.8. The summed E-state index contributed by atoms with van der Waals surface area (Å²) in [5.41, 5.74) is 1.24. The SMILES string of the molecule is COc1ccccc1C(=O)N/C(=C\c1ccccc1)C(=O)NCc1ccco1. The highest BCUT2D eigenvalue weighted by atomic mass is 16.5. The van der Waals surface area contributed by atoms with Crippen LogP contribution in [0.2, 0.25) is 0 Å². The van der Waals surface area contributed by atoms with E-state index in [2.05, 4.69) is 10.6 Å². The van der Waals surface area contributed by atoms with Crippen molar-refractivity contribution in [2.24, 2.45) is 0 Å². The summed E-state index contributed by atoms with van der Waals surface area (Å²) in [6, 6.07) is 19.6. The Balaban J connectivity index is 1.82. The second kappa shape index (κ2) is 9.23. The van der Waals surface area contributed by atoms with Crippen LogP contribution in [0.25, 0.3) is 6.08 Å². The first kappa shape index (κ1) is 19.0. The predicted molar refractivity (Wildman–Crippen MR) is 105 cm³/mol. The van der Waals surface area contributed by atoms with Gasteiger partial charge in [0.2, 0.25) is 0 Å².